The average Bonchev–Trinajstić information content (AvgIpc) is 3.39. The van der Waals surface area contributed by atoms with E-state index in [0.29, 0.717) is 22.6 Å². The number of fused-ring (bicyclic) bond motifs is 1. The molecule has 0 saturated carbocycles. The zero-order valence-corrected chi connectivity index (χ0v) is 21.4. The predicted octanol–water partition coefficient (Wildman–Crippen LogP) is 3.55. The van der Waals surface area contributed by atoms with Crippen LogP contribution in [0.2, 0.25) is 10.0 Å². The molecule has 0 bridgehead atoms. The molecule has 2 aromatic rings. The molecule has 7 nitrogen and oxygen atoms in total. The Morgan fingerprint density at radius 3 is 2.71 bits per heavy atom. The van der Waals surface area contributed by atoms with Crippen LogP contribution >= 0.6 is 23.2 Å². The Morgan fingerprint density at radius 1 is 1.12 bits per heavy atom. The van der Waals surface area contributed by atoms with Crippen molar-refractivity contribution in [1.29, 1.82) is 0 Å². The van der Waals surface area contributed by atoms with Crippen LogP contribution in [0.3, 0.4) is 0 Å². The quantitative estimate of drug-likeness (QED) is 0.533. The molecule has 3 aliphatic heterocycles. The molecule has 3 aliphatic rings. The summed E-state index contributed by atoms with van der Waals surface area (Å²) < 4.78 is 0. The molecule has 0 amide bonds. The van der Waals surface area contributed by atoms with E-state index in [1.807, 2.05) is 12.1 Å². The minimum Gasteiger partial charge on any atom is -0.365 e. The fourth-order valence-corrected chi connectivity index (χ4v) is 6.09. The Balaban J connectivity index is 1.30. The van der Waals surface area contributed by atoms with Gasteiger partial charge in [0.15, 0.2) is 0 Å². The van der Waals surface area contributed by atoms with E-state index in [1.165, 1.54) is 18.4 Å². The monoisotopic (exact) mass is 503 g/mol. The molecule has 0 radical (unpaired) electrons. The van der Waals surface area contributed by atoms with Gasteiger partial charge in [-0.1, -0.05) is 36.2 Å². The highest BCUT2D eigenvalue weighted by Crippen LogP contribution is 2.28. The Bertz CT molecular complexity index is 987. The minimum absolute atomic E-state index is 0.597. The zero-order chi connectivity index (χ0) is 23.5. The lowest BCUT2D eigenvalue weighted by Crippen LogP contribution is -2.53. The second-order valence-corrected chi connectivity index (χ2v) is 10.4. The number of halogens is 2. The summed E-state index contributed by atoms with van der Waals surface area (Å²) >= 11 is 12.5. The Morgan fingerprint density at radius 2 is 1.97 bits per heavy atom. The summed E-state index contributed by atoms with van der Waals surface area (Å²) in [5.41, 5.74) is 3.32. The SMILES string of the molecule is CCC(C1CCNC1)N1CCN(c2nc3c(c(NCc4ccc(Cl)cc4Cl)n2)CNCC3)CC1. The van der Waals surface area contributed by atoms with E-state index in [0.717, 1.165) is 87.7 Å². The van der Waals surface area contributed by atoms with Crippen molar-refractivity contribution in [1.82, 2.24) is 25.5 Å². The van der Waals surface area contributed by atoms with Crippen LogP contribution in [0.4, 0.5) is 11.8 Å². The summed E-state index contributed by atoms with van der Waals surface area (Å²) in [6, 6.07) is 6.30. The van der Waals surface area contributed by atoms with Gasteiger partial charge in [-0.3, -0.25) is 4.90 Å². The smallest absolute Gasteiger partial charge is 0.227 e. The van der Waals surface area contributed by atoms with Crippen LogP contribution in [0.5, 0.6) is 0 Å². The van der Waals surface area contributed by atoms with Crippen molar-refractivity contribution >= 4 is 35.0 Å². The van der Waals surface area contributed by atoms with Crippen LogP contribution in [-0.4, -0.2) is 66.7 Å². The molecule has 1 aromatic carbocycles. The number of nitrogens with zero attached hydrogens (tertiary/aromatic N) is 4. The number of hydrogen-bond donors (Lipinski definition) is 3. The Labute approximate surface area is 212 Å². The third-order valence-electron chi connectivity index (χ3n) is 7.51. The first-order valence-corrected chi connectivity index (χ1v) is 13.4. The van der Waals surface area contributed by atoms with Crippen LogP contribution in [-0.2, 0) is 19.5 Å². The third kappa shape index (κ3) is 5.29. The number of nitrogens with one attached hydrogen (secondary N) is 3. The normalized spacial score (nSPS) is 22.0. The number of rotatable bonds is 7. The van der Waals surface area contributed by atoms with Crippen LogP contribution in [0.15, 0.2) is 18.2 Å². The molecule has 2 unspecified atom stereocenters. The molecule has 3 N–H and O–H groups in total. The van der Waals surface area contributed by atoms with Crippen molar-refractivity contribution in [3.8, 4) is 0 Å². The summed E-state index contributed by atoms with van der Waals surface area (Å²) in [7, 11) is 0. The van der Waals surface area contributed by atoms with Crippen molar-refractivity contribution < 1.29 is 0 Å². The molecule has 0 spiro atoms. The molecule has 9 heteroatoms. The Kier molecular flexibility index (Phi) is 7.76. The molecule has 34 heavy (non-hydrogen) atoms. The maximum Gasteiger partial charge on any atom is 0.227 e. The van der Waals surface area contributed by atoms with E-state index < -0.39 is 0 Å². The summed E-state index contributed by atoms with van der Waals surface area (Å²) in [5, 5.41) is 11.9. The highest BCUT2D eigenvalue weighted by molar-refractivity contribution is 6.35. The van der Waals surface area contributed by atoms with Gasteiger partial charge < -0.3 is 20.9 Å². The first-order valence-electron chi connectivity index (χ1n) is 12.6. The van der Waals surface area contributed by atoms with Crippen molar-refractivity contribution in [2.75, 3.05) is 56.0 Å². The van der Waals surface area contributed by atoms with E-state index in [2.05, 4.69) is 32.7 Å². The predicted molar refractivity (Wildman–Crippen MR) is 140 cm³/mol. The van der Waals surface area contributed by atoms with Gasteiger partial charge in [-0.2, -0.15) is 4.98 Å². The van der Waals surface area contributed by atoms with Crippen molar-refractivity contribution in [3.05, 3.63) is 45.1 Å². The van der Waals surface area contributed by atoms with Crippen LogP contribution in [0, 0.1) is 5.92 Å². The first-order chi connectivity index (χ1) is 16.6. The molecule has 2 saturated heterocycles. The summed E-state index contributed by atoms with van der Waals surface area (Å²) in [6.45, 7) is 11.1. The molecule has 2 fully saturated rings. The molecule has 5 rings (SSSR count). The van der Waals surface area contributed by atoms with Gasteiger partial charge in [0, 0.05) is 73.9 Å². The van der Waals surface area contributed by atoms with Crippen LogP contribution in [0.25, 0.3) is 0 Å². The van der Waals surface area contributed by atoms with Crippen molar-refractivity contribution in [2.24, 2.45) is 5.92 Å². The maximum absolute atomic E-state index is 6.40. The average molecular weight is 505 g/mol. The van der Waals surface area contributed by atoms with E-state index in [9.17, 15) is 0 Å². The maximum atomic E-state index is 6.40. The fourth-order valence-electron chi connectivity index (χ4n) is 5.61. The van der Waals surface area contributed by atoms with Crippen molar-refractivity contribution in [3.63, 3.8) is 0 Å². The zero-order valence-electron chi connectivity index (χ0n) is 19.9. The number of benzene rings is 1. The molecule has 0 aliphatic carbocycles. The van der Waals surface area contributed by atoms with Crippen molar-refractivity contribution in [2.45, 2.75) is 45.3 Å². The summed E-state index contributed by atoms with van der Waals surface area (Å²) in [4.78, 5) is 15.1. The van der Waals surface area contributed by atoms with E-state index in [-0.39, 0.29) is 0 Å². The third-order valence-corrected chi connectivity index (χ3v) is 8.10. The molecule has 4 heterocycles. The van der Waals surface area contributed by atoms with E-state index in [1.54, 1.807) is 6.07 Å². The summed E-state index contributed by atoms with van der Waals surface area (Å²) in [6.07, 6.45) is 3.44. The second-order valence-electron chi connectivity index (χ2n) is 9.57. The van der Waals surface area contributed by atoms with Gasteiger partial charge in [-0.05, 0) is 49.5 Å². The Hall–Kier alpha value is -1.64. The van der Waals surface area contributed by atoms with E-state index in [4.69, 9.17) is 33.2 Å². The van der Waals surface area contributed by atoms with Gasteiger partial charge in [0.25, 0.3) is 0 Å². The van der Waals surface area contributed by atoms with Gasteiger partial charge in [-0.25, -0.2) is 4.98 Å². The van der Waals surface area contributed by atoms with E-state index >= 15 is 0 Å². The lowest BCUT2D eigenvalue weighted by atomic mass is 9.94. The second kappa shape index (κ2) is 11.0. The highest BCUT2D eigenvalue weighted by Gasteiger charge is 2.31. The van der Waals surface area contributed by atoms with Gasteiger partial charge >= 0.3 is 0 Å². The number of hydrogen-bond acceptors (Lipinski definition) is 7. The molecule has 2 atom stereocenters. The lowest BCUT2D eigenvalue weighted by Gasteiger charge is -2.41. The van der Waals surface area contributed by atoms with Gasteiger partial charge in [0.2, 0.25) is 5.95 Å². The molecule has 1 aromatic heterocycles. The molecule has 184 valence electrons. The van der Waals surface area contributed by atoms with Gasteiger partial charge in [-0.15, -0.1) is 0 Å². The number of anilines is 2. The molecular formula is C25H35Cl2N7. The van der Waals surface area contributed by atoms with Crippen LogP contribution < -0.4 is 20.9 Å². The van der Waals surface area contributed by atoms with Gasteiger partial charge in [0.05, 0.1) is 5.69 Å². The topological polar surface area (TPSA) is 68.3 Å². The first kappa shape index (κ1) is 24.1. The van der Waals surface area contributed by atoms with Gasteiger partial charge in [0.1, 0.15) is 5.82 Å². The van der Waals surface area contributed by atoms with Crippen LogP contribution in [0.1, 0.15) is 36.6 Å². The number of aromatic nitrogens is 2. The minimum atomic E-state index is 0.597. The largest absolute Gasteiger partial charge is 0.365 e. The fraction of sp³-hybridized carbons (Fsp3) is 0.600. The summed E-state index contributed by atoms with van der Waals surface area (Å²) in [5.74, 6) is 2.53. The molecular weight excluding hydrogens is 469 g/mol. The standard InChI is InChI=1S/C25H35Cl2N7/c1-2-23(18-5-7-28-14-18)33-9-11-34(12-10-33)25-31-22-6-8-29-16-20(22)24(32-25)30-15-17-3-4-19(26)13-21(17)27/h3-4,13,18,23,28-29H,2,5-12,14-16H2,1H3,(H,30,31,32). The highest BCUT2D eigenvalue weighted by atomic mass is 35.5. The lowest BCUT2D eigenvalue weighted by molar-refractivity contribution is 0.134. The number of piperazine rings is 1.